The van der Waals surface area contributed by atoms with Gasteiger partial charge >= 0.3 is 5.97 Å². The number of aliphatic carboxylic acids is 1. The lowest BCUT2D eigenvalue weighted by atomic mass is 10.2. The molecule has 0 saturated carbocycles. The van der Waals surface area contributed by atoms with Crippen LogP contribution in [0.4, 0.5) is 15.8 Å². The molecule has 0 aromatic heterocycles. The molecule has 116 valence electrons. The Morgan fingerprint density at radius 2 is 1.95 bits per heavy atom. The monoisotopic (exact) mass is 336 g/mol. The van der Waals surface area contributed by atoms with Gasteiger partial charge in [0.15, 0.2) is 0 Å². The lowest BCUT2D eigenvalue weighted by Gasteiger charge is -2.12. The fourth-order valence-electron chi connectivity index (χ4n) is 1.33. The first-order chi connectivity index (χ1) is 9.67. The quantitative estimate of drug-likeness (QED) is 0.683. The van der Waals surface area contributed by atoms with Crippen molar-refractivity contribution in [1.82, 2.24) is 0 Å². The Bertz CT molecular complexity index is 648. The molecular formula is C11H13FN2O5S2. The molecule has 1 rings (SSSR count). The van der Waals surface area contributed by atoms with Crippen LogP contribution in [0.15, 0.2) is 18.2 Å². The van der Waals surface area contributed by atoms with Crippen LogP contribution in [0.1, 0.15) is 0 Å². The molecule has 7 nitrogen and oxygen atoms in total. The first kappa shape index (κ1) is 17.2. The van der Waals surface area contributed by atoms with E-state index in [9.17, 15) is 22.4 Å². The first-order valence-electron chi connectivity index (χ1n) is 5.54. The number of nitrogens with one attached hydrogen (secondary N) is 2. The molecule has 0 atom stereocenters. The molecule has 1 amide bonds. The predicted octanol–water partition coefficient (Wildman–Crippen LogP) is 0.953. The van der Waals surface area contributed by atoms with Crippen LogP contribution in [0.5, 0.6) is 0 Å². The Morgan fingerprint density at radius 1 is 1.29 bits per heavy atom. The third-order valence-electron chi connectivity index (χ3n) is 2.01. The summed E-state index contributed by atoms with van der Waals surface area (Å²) in [7, 11) is -3.63. The van der Waals surface area contributed by atoms with Crippen molar-refractivity contribution in [3.8, 4) is 0 Å². The van der Waals surface area contributed by atoms with Crippen molar-refractivity contribution in [3.05, 3.63) is 24.0 Å². The molecule has 0 aliphatic heterocycles. The van der Waals surface area contributed by atoms with Gasteiger partial charge in [-0.1, -0.05) is 0 Å². The molecule has 1 aromatic carbocycles. The van der Waals surface area contributed by atoms with E-state index in [0.29, 0.717) is 0 Å². The fraction of sp³-hybridized carbons (Fsp3) is 0.273. The third-order valence-corrected chi connectivity index (χ3v) is 3.52. The lowest BCUT2D eigenvalue weighted by molar-refractivity contribution is -0.133. The van der Waals surface area contributed by atoms with Gasteiger partial charge in [-0.2, -0.15) is 0 Å². The van der Waals surface area contributed by atoms with E-state index in [1.807, 2.05) is 0 Å². The minimum Gasteiger partial charge on any atom is -0.481 e. The zero-order chi connectivity index (χ0) is 16.0. The summed E-state index contributed by atoms with van der Waals surface area (Å²) < 4.78 is 37.6. The van der Waals surface area contributed by atoms with Crippen LogP contribution in [0.2, 0.25) is 0 Å². The highest BCUT2D eigenvalue weighted by Crippen LogP contribution is 2.24. The smallest absolute Gasteiger partial charge is 0.313 e. The van der Waals surface area contributed by atoms with Crippen molar-refractivity contribution in [1.29, 1.82) is 0 Å². The number of thioether (sulfide) groups is 1. The Kier molecular flexibility index (Phi) is 5.97. The highest BCUT2D eigenvalue weighted by atomic mass is 32.2. The maximum Gasteiger partial charge on any atom is 0.313 e. The Morgan fingerprint density at radius 3 is 2.52 bits per heavy atom. The summed E-state index contributed by atoms with van der Waals surface area (Å²) in [4.78, 5) is 21.9. The summed E-state index contributed by atoms with van der Waals surface area (Å²) in [5, 5.41) is 10.8. The summed E-state index contributed by atoms with van der Waals surface area (Å²) in [6, 6.07) is 3.21. The van der Waals surface area contributed by atoms with Gasteiger partial charge in [-0.25, -0.2) is 12.8 Å². The van der Waals surface area contributed by atoms with Gasteiger partial charge in [0.05, 0.1) is 29.1 Å². The highest BCUT2D eigenvalue weighted by molar-refractivity contribution is 8.00. The van der Waals surface area contributed by atoms with Crippen molar-refractivity contribution >= 4 is 45.0 Å². The lowest BCUT2D eigenvalue weighted by Crippen LogP contribution is -2.18. The van der Waals surface area contributed by atoms with Gasteiger partial charge in [-0.05, 0) is 12.1 Å². The number of carbonyl (C=O) groups is 2. The second kappa shape index (κ2) is 7.27. The summed E-state index contributed by atoms with van der Waals surface area (Å²) in [6.45, 7) is 0. The van der Waals surface area contributed by atoms with E-state index in [4.69, 9.17) is 5.11 Å². The van der Waals surface area contributed by atoms with E-state index >= 15 is 0 Å². The van der Waals surface area contributed by atoms with Crippen LogP contribution in [0, 0.1) is 5.82 Å². The average molecular weight is 336 g/mol. The zero-order valence-corrected chi connectivity index (χ0v) is 12.6. The number of hydrogen-bond acceptors (Lipinski definition) is 5. The predicted molar refractivity (Wildman–Crippen MR) is 78.5 cm³/mol. The van der Waals surface area contributed by atoms with Crippen LogP contribution >= 0.6 is 11.8 Å². The van der Waals surface area contributed by atoms with Gasteiger partial charge < -0.3 is 10.4 Å². The topological polar surface area (TPSA) is 113 Å². The molecule has 0 unspecified atom stereocenters. The van der Waals surface area contributed by atoms with E-state index in [2.05, 4.69) is 10.0 Å². The Labute approximate surface area is 125 Å². The average Bonchev–Trinajstić information content (AvgIpc) is 2.30. The number of anilines is 2. The molecule has 0 saturated heterocycles. The molecule has 0 heterocycles. The molecule has 21 heavy (non-hydrogen) atoms. The zero-order valence-electron chi connectivity index (χ0n) is 10.9. The van der Waals surface area contributed by atoms with Gasteiger partial charge in [-0.15, -0.1) is 11.8 Å². The first-order valence-corrected chi connectivity index (χ1v) is 8.59. The van der Waals surface area contributed by atoms with Crippen molar-refractivity contribution in [2.75, 3.05) is 27.8 Å². The molecule has 3 N–H and O–H groups in total. The summed E-state index contributed by atoms with van der Waals surface area (Å²) >= 11 is 0.887. The molecule has 1 aromatic rings. The van der Waals surface area contributed by atoms with Crippen LogP contribution in [-0.2, 0) is 19.6 Å². The molecule has 0 aliphatic rings. The largest absolute Gasteiger partial charge is 0.481 e. The van der Waals surface area contributed by atoms with Gasteiger partial charge in [0.25, 0.3) is 0 Å². The van der Waals surface area contributed by atoms with E-state index in [1.54, 1.807) is 0 Å². The Balaban J connectivity index is 2.78. The van der Waals surface area contributed by atoms with Crippen LogP contribution in [-0.4, -0.2) is 43.2 Å². The van der Waals surface area contributed by atoms with Crippen molar-refractivity contribution in [2.24, 2.45) is 0 Å². The maximum absolute atomic E-state index is 13.1. The highest BCUT2D eigenvalue weighted by Gasteiger charge is 2.12. The number of rotatable bonds is 7. The maximum atomic E-state index is 13.1. The molecular weight excluding hydrogens is 323 g/mol. The minimum atomic E-state index is -3.63. The normalized spacial score (nSPS) is 11.0. The van der Waals surface area contributed by atoms with Crippen LogP contribution < -0.4 is 10.0 Å². The number of hydrogen-bond donors (Lipinski definition) is 3. The van der Waals surface area contributed by atoms with Crippen molar-refractivity contribution in [3.63, 3.8) is 0 Å². The van der Waals surface area contributed by atoms with Gasteiger partial charge in [0.2, 0.25) is 15.9 Å². The molecule has 0 bridgehead atoms. The number of carboxylic acids is 1. The van der Waals surface area contributed by atoms with E-state index in [-0.39, 0.29) is 22.9 Å². The number of benzene rings is 1. The standard InChI is InChI=1S/C11H13FN2O5S2/c1-21(18,19)14-9-4-7(12)2-3-8(9)13-10(15)5-20-6-11(16)17/h2-4,14H,5-6H2,1H3,(H,13,15)(H,16,17). The molecule has 0 radical (unpaired) electrons. The van der Waals surface area contributed by atoms with Gasteiger partial charge in [-0.3, -0.25) is 14.3 Å². The Hall–Kier alpha value is -1.81. The molecule has 10 heteroatoms. The third kappa shape index (κ3) is 6.95. The minimum absolute atomic E-state index is 0.0859. The SMILES string of the molecule is CS(=O)(=O)Nc1cc(F)ccc1NC(=O)CSCC(=O)O. The van der Waals surface area contributed by atoms with E-state index in [1.165, 1.54) is 6.07 Å². The molecule has 0 fully saturated rings. The number of sulfonamides is 1. The van der Waals surface area contributed by atoms with Gasteiger partial charge in [0, 0.05) is 6.07 Å². The summed E-state index contributed by atoms with van der Waals surface area (Å²) in [5.41, 5.74) is -0.0168. The summed E-state index contributed by atoms with van der Waals surface area (Å²) in [6.07, 6.45) is 0.895. The fourth-order valence-corrected chi connectivity index (χ4v) is 2.43. The van der Waals surface area contributed by atoms with Crippen molar-refractivity contribution < 1.29 is 27.5 Å². The van der Waals surface area contributed by atoms with E-state index < -0.39 is 27.7 Å². The van der Waals surface area contributed by atoms with Crippen molar-refractivity contribution in [2.45, 2.75) is 0 Å². The number of carboxylic acid groups (broad SMARTS) is 1. The number of amides is 1. The van der Waals surface area contributed by atoms with E-state index in [0.717, 1.165) is 30.2 Å². The summed E-state index contributed by atoms with van der Waals surface area (Å²) in [5.74, 6) is -2.59. The number of carbonyl (C=O) groups excluding carboxylic acids is 1. The number of halogens is 1. The molecule has 0 aliphatic carbocycles. The van der Waals surface area contributed by atoms with Gasteiger partial charge in [0.1, 0.15) is 5.82 Å². The van der Waals surface area contributed by atoms with Crippen LogP contribution in [0.3, 0.4) is 0 Å². The van der Waals surface area contributed by atoms with Crippen LogP contribution in [0.25, 0.3) is 0 Å². The second-order valence-electron chi connectivity index (χ2n) is 4.00. The second-order valence-corrected chi connectivity index (χ2v) is 6.73. The molecule has 0 spiro atoms.